The number of nitrogens with zero attached hydrogens (tertiary/aromatic N) is 2. The normalized spacial score (nSPS) is 12.4. The third kappa shape index (κ3) is 3.49. The van der Waals surface area contributed by atoms with Crippen molar-refractivity contribution >= 4 is 10.0 Å². The van der Waals surface area contributed by atoms with E-state index in [9.17, 15) is 8.42 Å². The van der Waals surface area contributed by atoms with Crippen molar-refractivity contribution in [3.8, 4) is 0 Å². The second-order valence-corrected chi connectivity index (χ2v) is 4.85. The summed E-state index contributed by atoms with van der Waals surface area (Å²) >= 11 is 0. The topological polar surface area (TPSA) is 64.0 Å². The number of rotatable bonds is 5. The smallest absolute Gasteiger partial charge is 0.259 e. The highest BCUT2D eigenvalue weighted by Crippen LogP contribution is 2.03. The molecule has 0 amide bonds. The fraction of sp³-hybridized carbons (Fsp3) is 0.444. The molecule has 0 aliphatic heterocycles. The first kappa shape index (κ1) is 11.9. The van der Waals surface area contributed by atoms with Gasteiger partial charge in [-0.15, -0.1) is 0 Å². The van der Waals surface area contributed by atoms with E-state index in [1.165, 1.54) is 12.5 Å². The zero-order valence-electron chi connectivity index (χ0n) is 8.84. The van der Waals surface area contributed by atoms with Crippen LogP contribution in [-0.2, 0) is 17.1 Å². The fourth-order valence-corrected chi connectivity index (χ4v) is 2.07. The number of hydrogen-bond donors (Lipinski definition) is 1. The van der Waals surface area contributed by atoms with E-state index in [-0.39, 0.29) is 5.03 Å². The Morgan fingerprint density at radius 3 is 2.87 bits per heavy atom. The number of imidazole rings is 1. The molecule has 1 rings (SSSR count). The average molecular weight is 229 g/mol. The molecule has 5 nitrogen and oxygen atoms in total. The summed E-state index contributed by atoms with van der Waals surface area (Å²) in [5, 5.41) is 0.0606. The predicted octanol–water partition coefficient (Wildman–Crippen LogP) is 0.665. The third-order valence-corrected chi connectivity index (χ3v) is 3.14. The molecule has 0 unspecified atom stereocenters. The van der Waals surface area contributed by atoms with Crippen molar-refractivity contribution < 1.29 is 8.42 Å². The van der Waals surface area contributed by atoms with Gasteiger partial charge in [-0.05, 0) is 13.3 Å². The van der Waals surface area contributed by atoms with Gasteiger partial charge in [0.15, 0.2) is 5.03 Å². The van der Waals surface area contributed by atoms with Crippen LogP contribution in [0.3, 0.4) is 0 Å². The zero-order chi connectivity index (χ0) is 11.3. The van der Waals surface area contributed by atoms with Gasteiger partial charge in [0, 0.05) is 19.8 Å². The van der Waals surface area contributed by atoms with E-state index in [1.807, 2.05) is 19.1 Å². The molecule has 0 saturated heterocycles. The van der Waals surface area contributed by atoms with Crippen LogP contribution in [0.1, 0.15) is 13.3 Å². The summed E-state index contributed by atoms with van der Waals surface area (Å²) in [6.45, 7) is 2.29. The minimum Gasteiger partial charge on any atom is -0.339 e. The molecule has 0 aromatic carbocycles. The van der Waals surface area contributed by atoms with Crippen LogP contribution in [0, 0.1) is 0 Å². The molecule has 0 fully saturated rings. The van der Waals surface area contributed by atoms with Gasteiger partial charge in [0.05, 0.1) is 6.33 Å². The van der Waals surface area contributed by atoms with Crippen LogP contribution in [-0.4, -0.2) is 24.5 Å². The van der Waals surface area contributed by atoms with Crippen LogP contribution in [0.25, 0.3) is 0 Å². The SMILES string of the molecule is C/C=C/CCNS(=O)(=O)c1cn(C)cn1. The molecule has 1 N–H and O–H groups in total. The van der Waals surface area contributed by atoms with E-state index in [4.69, 9.17) is 0 Å². The predicted molar refractivity (Wildman–Crippen MR) is 57.8 cm³/mol. The largest absolute Gasteiger partial charge is 0.339 e. The minimum atomic E-state index is -3.44. The molecule has 15 heavy (non-hydrogen) atoms. The Bertz CT molecular complexity index is 434. The monoisotopic (exact) mass is 229 g/mol. The third-order valence-electron chi connectivity index (χ3n) is 1.80. The van der Waals surface area contributed by atoms with Gasteiger partial charge in [-0.25, -0.2) is 18.1 Å². The highest BCUT2D eigenvalue weighted by molar-refractivity contribution is 7.89. The van der Waals surface area contributed by atoms with Gasteiger partial charge in [-0.1, -0.05) is 12.2 Å². The molecule has 0 radical (unpaired) electrons. The summed E-state index contributed by atoms with van der Waals surface area (Å²) in [6.07, 6.45) is 7.40. The van der Waals surface area contributed by atoms with E-state index in [0.717, 1.165) is 0 Å². The Morgan fingerprint density at radius 2 is 2.33 bits per heavy atom. The Labute approximate surface area is 89.9 Å². The van der Waals surface area contributed by atoms with Crippen molar-refractivity contribution in [1.82, 2.24) is 14.3 Å². The summed E-state index contributed by atoms with van der Waals surface area (Å²) in [6, 6.07) is 0. The molecule has 0 aliphatic rings. The lowest BCUT2D eigenvalue weighted by molar-refractivity contribution is 0.578. The number of hydrogen-bond acceptors (Lipinski definition) is 3. The Kier molecular flexibility index (Phi) is 4.05. The lowest BCUT2D eigenvalue weighted by Crippen LogP contribution is -2.24. The molecular formula is C9H15N3O2S. The maximum Gasteiger partial charge on any atom is 0.259 e. The van der Waals surface area contributed by atoms with Crippen LogP contribution in [0.5, 0.6) is 0 Å². The van der Waals surface area contributed by atoms with Gasteiger partial charge in [0.25, 0.3) is 10.0 Å². The van der Waals surface area contributed by atoms with Crippen LogP contribution in [0.2, 0.25) is 0 Å². The second-order valence-electron chi connectivity index (χ2n) is 3.13. The Morgan fingerprint density at radius 1 is 1.60 bits per heavy atom. The van der Waals surface area contributed by atoms with Crippen molar-refractivity contribution in [2.45, 2.75) is 18.4 Å². The van der Waals surface area contributed by atoms with Gasteiger partial charge in [-0.2, -0.15) is 0 Å². The lowest BCUT2D eigenvalue weighted by Gasteiger charge is -2.01. The van der Waals surface area contributed by atoms with Gasteiger partial charge in [0.1, 0.15) is 0 Å². The van der Waals surface area contributed by atoms with Crippen molar-refractivity contribution in [2.75, 3.05) is 6.54 Å². The highest BCUT2D eigenvalue weighted by Gasteiger charge is 2.15. The van der Waals surface area contributed by atoms with Gasteiger partial charge < -0.3 is 4.57 Å². The van der Waals surface area contributed by atoms with Gasteiger partial charge in [0.2, 0.25) is 0 Å². The Balaban J connectivity index is 2.60. The van der Waals surface area contributed by atoms with Crippen molar-refractivity contribution in [1.29, 1.82) is 0 Å². The highest BCUT2D eigenvalue weighted by atomic mass is 32.2. The summed E-state index contributed by atoms with van der Waals surface area (Å²) in [4.78, 5) is 3.78. The maximum atomic E-state index is 11.6. The molecule has 0 atom stereocenters. The number of aromatic nitrogens is 2. The molecule has 0 spiro atoms. The molecule has 1 aromatic heterocycles. The van der Waals surface area contributed by atoms with E-state index >= 15 is 0 Å². The standard InChI is InChI=1S/C9H15N3O2S/c1-3-4-5-6-11-15(13,14)9-7-12(2)8-10-9/h3-4,7-8,11H,5-6H2,1-2H3/b4-3+. The minimum absolute atomic E-state index is 0.0606. The first-order valence-corrected chi connectivity index (χ1v) is 6.13. The first-order chi connectivity index (χ1) is 7.06. The second kappa shape index (κ2) is 5.09. The maximum absolute atomic E-state index is 11.6. The van der Waals surface area contributed by atoms with Crippen molar-refractivity contribution in [2.24, 2.45) is 7.05 Å². The Hall–Kier alpha value is -1.14. The van der Waals surface area contributed by atoms with Crippen LogP contribution < -0.4 is 4.72 Å². The van der Waals surface area contributed by atoms with Crippen molar-refractivity contribution in [3.05, 3.63) is 24.7 Å². The van der Waals surface area contributed by atoms with E-state index < -0.39 is 10.0 Å². The fourth-order valence-electron chi connectivity index (χ4n) is 1.04. The zero-order valence-corrected chi connectivity index (χ0v) is 9.66. The summed E-state index contributed by atoms with van der Waals surface area (Å²) in [7, 11) is -1.71. The molecule has 0 saturated carbocycles. The molecule has 0 aliphatic carbocycles. The lowest BCUT2D eigenvalue weighted by atomic mass is 10.4. The molecule has 1 aromatic rings. The summed E-state index contributed by atoms with van der Waals surface area (Å²) in [5.74, 6) is 0. The first-order valence-electron chi connectivity index (χ1n) is 4.65. The van der Waals surface area contributed by atoms with E-state index in [2.05, 4.69) is 9.71 Å². The van der Waals surface area contributed by atoms with Crippen LogP contribution in [0.15, 0.2) is 29.7 Å². The van der Waals surface area contributed by atoms with Crippen molar-refractivity contribution in [3.63, 3.8) is 0 Å². The van der Waals surface area contributed by atoms with Gasteiger partial charge >= 0.3 is 0 Å². The van der Waals surface area contributed by atoms with Gasteiger partial charge in [-0.3, -0.25) is 0 Å². The average Bonchev–Trinajstić information content (AvgIpc) is 2.60. The molecule has 0 bridgehead atoms. The molecular weight excluding hydrogens is 214 g/mol. The number of aryl methyl sites for hydroxylation is 1. The van der Waals surface area contributed by atoms with Crippen LogP contribution in [0.4, 0.5) is 0 Å². The summed E-state index contributed by atoms with van der Waals surface area (Å²) < 4.78 is 27.3. The number of nitrogens with one attached hydrogen (secondary N) is 1. The number of sulfonamides is 1. The molecule has 1 heterocycles. The molecule has 84 valence electrons. The molecule has 6 heteroatoms. The van der Waals surface area contributed by atoms with E-state index in [0.29, 0.717) is 13.0 Å². The number of allylic oxidation sites excluding steroid dienone is 1. The summed E-state index contributed by atoms with van der Waals surface area (Å²) in [5.41, 5.74) is 0. The quantitative estimate of drug-likeness (QED) is 0.596. The van der Waals surface area contributed by atoms with Crippen LogP contribution >= 0.6 is 0 Å². The van der Waals surface area contributed by atoms with E-state index in [1.54, 1.807) is 11.6 Å².